The van der Waals surface area contributed by atoms with Crippen LogP contribution in [-0.4, -0.2) is 32.3 Å². The molecule has 1 amide bonds. The summed E-state index contributed by atoms with van der Waals surface area (Å²) >= 11 is 5.86. The van der Waals surface area contributed by atoms with Gasteiger partial charge >= 0.3 is 6.18 Å². The maximum atomic E-state index is 11.9. The summed E-state index contributed by atoms with van der Waals surface area (Å²) in [7, 11) is 1.30. The number of rotatable bonds is 5. The van der Waals surface area contributed by atoms with Crippen LogP contribution in [0.2, 0.25) is 5.02 Å². The molecule has 0 aliphatic carbocycles. The Morgan fingerprint density at radius 2 is 2.14 bits per heavy atom. The van der Waals surface area contributed by atoms with Gasteiger partial charge in [-0.3, -0.25) is 4.79 Å². The number of hydrogen-bond donors (Lipinski definition) is 1. The van der Waals surface area contributed by atoms with Gasteiger partial charge in [0.1, 0.15) is 6.54 Å². The first kappa shape index (κ1) is 16.9. The third-order valence-corrected chi connectivity index (χ3v) is 2.47. The average molecular weight is 323 g/mol. The molecule has 0 aromatic heterocycles. The van der Waals surface area contributed by atoms with Crippen LogP contribution in [0.25, 0.3) is 0 Å². The molecular formula is C12H10ClF3N2O3. The van der Waals surface area contributed by atoms with E-state index in [9.17, 15) is 18.0 Å². The molecule has 0 unspecified atom stereocenters. The third-order valence-electron chi connectivity index (χ3n) is 2.19. The highest BCUT2D eigenvalue weighted by Gasteiger charge is 2.27. The van der Waals surface area contributed by atoms with Crippen molar-refractivity contribution in [1.82, 2.24) is 5.32 Å². The molecule has 1 rings (SSSR count). The Morgan fingerprint density at radius 3 is 2.67 bits per heavy atom. The minimum atomic E-state index is -4.50. The summed E-state index contributed by atoms with van der Waals surface area (Å²) < 4.78 is 45.7. The number of nitrogens with zero attached hydrogens (tertiary/aromatic N) is 1. The Balaban J connectivity index is 2.71. The third kappa shape index (κ3) is 5.39. The first-order valence-electron chi connectivity index (χ1n) is 5.50. The zero-order valence-corrected chi connectivity index (χ0v) is 11.5. The van der Waals surface area contributed by atoms with Crippen LogP contribution in [0.15, 0.2) is 12.1 Å². The number of carbonyl (C=O) groups is 1. The predicted octanol–water partition coefficient (Wildman–Crippen LogP) is 2.28. The molecule has 0 spiro atoms. The van der Waals surface area contributed by atoms with Crippen LogP contribution < -0.4 is 14.8 Å². The summed E-state index contributed by atoms with van der Waals surface area (Å²) in [6.45, 7) is -2.12. The van der Waals surface area contributed by atoms with Crippen molar-refractivity contribution in [3.05, 3.63) is 22.7 Å². The maximum absolute atomic E-state index is 11.9. The molecule has 0 atom stereocenters. The zero-order valence-electron chi connectivity index (χ0n) is 10.8. The highest BCUT2D eigenvalue weighted by atomic mass is 35.5. The van der Waals surface area contributed by atoms with Crippen molar-refractivity contribution in [1.29, 1.82) is 5.26 Å². The van der Waals surface area contributed by atoms with Crippen LogP contribution in [0, 0.1) is 11.3 Å². The molecule has 0 aliphatic heterocycles. The van der Waals surface area contributed by atoms with Crippen molar-refractivity contribution >= 4 is 17.5 Å². The lowest BCUT2D eigenvalue weighted by Gasteiger charge is -2.13. The van der Waals surface area contributed by atoms with E-state index in [-0.39, 0.29) is 22.1 Å². The average Bonchev–Trinajstić information content (AvgIpc) is 2.42. The fourth-order valence-corrected chi connectivity index (χ4v) is 1.58. The molecule has 114 valence electrons. The van der Waals surface area contributed by atoms with Crippen LogP contribution >= 0.6 is 11.6 Å². The smallest absolute Gasteiger partial charge is 0.405 e. The Labute approximate surface area is 123 Å². The minimum absolute atomic E-state index is 0.00882. The number of nitrogens with one attached hydrogen (secondary N) is 1. The number of benzene rings is 1. The van der Waals surface area contributed by atoms with Crippen molar-refractivity contribution in [2.24, 2.45) is 0 Å². The van der Waals surface area contributed by atoms with E-state index in [0.29, 0.717) is 0 Å². The van der Waals surface area contributed by atoms with Crippen LogP contribution in [0.3, 0.4) is 0 Å². The fraction of sp³-hybridized carbons (Fsp3) is 0.333. The molecule has 0 aliphatic rings. The number of amides is 1. The lowest BCUT2D eigenvalue weighted by atomic mass is 10.2. The van der Waals surface area contributed by atoms with Gasteiger partial charge in [0.05, 0.1) is 23.8 Å². The van der Waals surface area contributed by atoms with Crippen LogP contribution in [0.5, 0.6) is 11.5 Å². The largest absolute Gasteiger partial charge is 0.493 e. The summed E-state index contributed by atoms with van der Waals surface area (Å²) in [5, 5.41) is 10.4. The molecule has 21 heavy (non-hydrogen) atoms. The van der Waals surface area contributed by atoms with E-state index >= 15 is 0 Å². The minimum Gasteiger partial charge on any atom is -0.493 e. The molecular weight excluding hydrogens is 313 g/mol. The van der Waals surface area contributed by atoms with Gasteiger partial charge in [-0.25, -0.2) is 0 Å². The van der Waals surface area contributed by atoms with Crippen LogP contribution in [0.4, 0.5) is 13.2 Å². The number of alkyl halides is 3. The number of carbonyl (C=O) groups excluding carboxylic acids is 1. The summed E-state index contributed by atoms with van der Waals surface area (Å²) in [6.07, 6.45) is -4.50. The Bertz CT molecular complexity index is 570. The van der Waals surface area contributed by atoms with Crippen molar-refractivity contribution < 1.29 is 27.4 Å². The van der Waals surface area contributed by atoms with E-state index in [1.54, 1.807) is 5.32 Å². The molecule has 1 aromatic rings. The summed E-state index contributed by atoms with van der Waals surface area (Å²) in [6, 6.07) is 4.46. The van der Waals surface area contributed by atoms with E-state index in [1.165, 1.54) is 19.2 Å². The number of nitriles is 1. The van der Waals surface area contributed by atoms with Gasteiger partial charge < -0.3 is 14.8 Å². The predicted molar refractivity (Wildman–Crippen MR) is 67.3 cm³/mol. The van der Waals surface area contributed by atoms with Crippen LogP contribution in [-0.2, 0) is 4.79 Å². The molecule has 9 heteroatoms. The summed E-state index contributed by atoms with van der Waals surface area (Å²) in [5.74, 6) is -0.891. The van der Waals surface area contributed by atoms with Gasteiger partial charge in [-0.2, -0.15) is 18.4 Å². The summed E-state index contributed by atoms with van der Waals surface area (Å²) in [5.41, 5.74) is 0.214. The van der Waals surface area contributed by atoms with Gasteiger partial charge in [0.2, 0.25) is 0 Å². The number of halogens is 4. The Kier molecular flexibility index (Phi) is 5.67. The second-order valence-electron chi connectivity index (χ2n) is 3.78. The van der Waals surface area contributed by atoms with E-state index in [1.807, 2.05) is 6.07 Å². The number of hydrogen-bond acceptors (Lipinski definition) is 4. The Hall–Kier alpha value is -2.14. The second kappa shape index (κ2) is 7.04. The van der Waals surface area contributed by atoms with Gasteiger partial charge in [-0.1, -0.05) is 11.6 Å². The SMILES string of the molecule is COc1cc(C#N)cc(Cl)c1OCC(=O)NCC(F)(F)F. The number of methoxy groups -OCH3 is 1. The van der Waals surface area contributed by atoms with Gasteiger partial charge in [-0.15, -0.1) is 0 Å². The van der Waals surface area contributed by atoms with E-state index in [4.69, 9.17) is 26.3 Å². The highest BCUT2D eigenvalue weighted by molar-refractivity contribution is 6.32. The number of ether oxygens (including phenoxy) is 2. The van der Waals surface area contributed by atoms with E-state index < -0.39 is 25.2 Å². The first-order valence-corrected chi connectivity index (χ1v) is 5.88. The molecule has 1 N–H and O–H groups in total. The molecule has 0 saturated carbocycles. The topological polar surface area (TPSA) is 71.3 Å². The molecule has 0 fully saturated rings. The lowest BCUT2D eigenvalue weighted by Crippen LogP contribution is -2.36. The van der Waals surface area contributed by atoms with Gasteiger partial charge in [0, 0.05) is 6.07 Å². The normalized spacial score (nSPS) is 10.7. The van der Waals surface area contributed by atoms with Crippen molar-refractivity contribution in [3.8, 4) is 17.6 Å². The molecule has 0 heterocycles. The fourth-order valence-electron chi connectivity index (χ4n) is 1.31. The monoisotopic (exact) mass is 322 g/mol. The zero-order chi connectivity index (χ0) is 16.0. The van der Waals surface area contributed by atoms with Crippen molar-refractivity contribution in [2.75, 3.05) is 20.3 Å². The Morgan fingerprint density at radius 1 is 1.48 bits per heavy atom. The molecule has 0 bridgehead atoms. The second-order valence-corrected chi connectivity index (χ2v) is 4.19. The molecule has 5 nitrogen and oxygen atoms in total. The quantitative estimate of drug-likeness (QED) is 0.902. The highest BCUT2D eigenvalue weighted by Crippen LogP contribution is 2.36. The van der Waals surface area contributed by atoms with E-state index in [2.05, 4.69) is 0 Å². The molecule has 0 saturated heterocycles. The maximum Gasteiger partial charge on any atom is 0.405 e. The van der Waals surface area contributed by atoms with E-state index in [0.717, 1.165) is 0 Å². The van der Waals surface area contributed by atoms with Crippen molar-refractivity contribution in [3.63, 3.8) is 0 Å². The first-order chi connectivity index (χ1) is 9.76. The molecule has 0 radical (unpaired) electrons. The summed E-state index contributed by atoms with van der Waals surface area (Å²) in [4.78, 5) is 11.2. The molecule has 1 aromatic carbocycles. The van der Waals surface area contributed by atoms with Gasteiger partial charge in [0.15, 0.2) is 18.1 Å². The van der Waals surface area contributed by atoms with Crippen LogP contribution in [0.1, 0.15) is 5.56 Å². The van der Waals surface area contributed by atoms with Gasteiger partial charge in [0.25, 0.3) is 5.91 Å². The lowest BCUT2D eigenvalue weighted by molar-refractivity contribution is -0.139. The standard InChI is InChI=1S/C12H10ClF3N2O3/c1-20-9-3-7(4-17)2-8(13)11(9)21-5-10(19)18-6-12(14,15)16/h2-3H,5-6H2,1H3,(H,18,19). The van der Waals surface area contributed by atoms with Crippen molar-refractivity contribution in [2.45, 2.75) is 6.18 Å². The van der Waals surface area contributed by atoms with Gasteiger partial charge in [-0.05, 0) is 6.07 Å².